The summed E-state index contributed by atoms with van der Waals surface area (Å²) in [6, 6.07) is 9.41. The van der Waals surface area contributed by atoms with Gasteiger partial charge in [-0.25, -0.2) is 4.79 Å². The summed E-state index contributed by atoms with van der Waals surface area (Å²) >= 11 is 0. The summed E-state index contributed by atoms with van der Waals surface area (Å²) in [5.74, 6) is -5.17. The highest BCUT2D eigenvalue weighted by atomic mass is 19.4. The lowest BCUT2D eigenvalue weighted by atomic mass is 9.96. The number of hydrogen-bond donors (Lipinski definition) is 2. The Bertz CT molecular complexity index is 699. The van der Waals surface area contributed by atoms with E-state index in [4.69, 9.17) is 5.11 Å². The number of nitrogens with one attached hydrogen (secondary N) is 1. The summed E-state index contributed by atoms with van der Waals surface area (Å²) in [6.07, 6.45) is -2.75. The Morgan fingerprint density at radius 2 is 1.89 bits per heavy atom. The van der Waals surface area contributed by atoms with Gasteiger partial charge in [-0.05, 0) is 24.9 Å². The predicted molar refractivity (Wildman–Crippen MR) is 95.5 cm³/mol. The molecule has 1 aromatic carbocycles. The van der Waals surface area contributed by atoms with Crippen LogP contribution in [0.4, 0.5) is 18.0 Å². The van der Waals surface area contributed by atoms with Crippen LogP contribution in [0.25, 0.3) is 0 Å². The van der Waals surface area contributed by atoms with Gasteiger partial charge in [-0.1, -0.05) is 30.3 Å². The summed E-state index contributed by atoms with van der Waals surface area (Å²) < 4.78 is 39.2. The van der Waals surface area contributed by atoms with Crippen molar-refractivity contribution in [2.45, 2.75) is 31.6 Å². The van der Waals surface area contributed by atoms with Crippen LogP contribution in [0, 0.1) is 11.8 Å². The molecule has 154 valence electrons. The van der Waals surface area contributed by atoms with Crippen molar-refractivity contribution in [2.75, 3.05) is 26.2 Å². The molecular weight excluding hydrogens is 375 g/mol. The number of hydrogen-bond acceptors (Lipinski definition) is 3. The zero-order valence-corrected chi connectivity index (χ0v) is 15.4. The highest BCUT2D eigenvalue weighted by Crippen LogP contribution is 2.37. The van der Waals surface area contributed by atoms with Gasteiger partial charge in [-0.15, -0.1) is 0 Å². The molecule has 3 atom stereocenters. The predicted octanol–water partition coefficient (Wildman–Crippen LogP) is 2.56. The molecule has 2 aliphatic rings. The maximum atomic E-state index is 13.1. The van der Waals surface area contributed by atoms with Crippen LogP contribution in [0.15, 0.2) is 30.3 Å². The first-order chi connectivity index (χ1) is 13.3. The molecule has 2 saturated heterocycles. The maximum absolute atomic E-state index is 13.1. The van der Waals surface area contributed by atoms with E-state index in [2.05, 4.69) is 10.2 Å². The first-order valence-corrected chi connectivity index (χ1v) is 9.36. The first-order valence-electron chi connectivity index (χ1n) is 9.36. The van der Waals surface area contributed by atoms with E-state index in [9.17, 15) is 22.8 Å². The minimum atomic E-state index is -4.64. The topological polar surface area (TPSA) is 72.9 Å². The number of likely N-dealkylation sites (tertiary alicyclic amines) is 2. The fourth-order valence-electron chi connectivity index (χ4n) is 4.02. The highest BCUT2D eigenvalue weighted by Gasteiger charge is 2.53. The Hall–Kier alpha value is -2.29. The van der Waals surface area contributed by atoms with Crippen molar-refractivity contribution >= 4 is 12.0 Å². The number of aliphatic carboxylic acids is 1. The average Bonchev–Trinajstić information content (AvgIpc) is 3.27. The summed E-state index contributed by atoms with van der Waals surface area (Å²) in [4.78, 5) is 26.7. The molecule has 0 aliphatic carbocycles. The molecule has 1 aromatic rings. The molecule has 3 rings (SSSR count). The van der Waals surface area contributed by atoms with Gasteiger partial charge < -0.3 is 15.3 Å². The lowest BCUT2D eigenvalue weighted by Gasteiger charge is -2.26. The van der Waals surface area contributed by atoms with Crippen LogP contribution in [0.5, 0.6) is 0 Å². The summed E-state index contributed by atoms with van der Waals surface area (Å²) in [7, 11) is 0. The van der Waals surface area contributed by atoms with Crippen molar-refractivity contribution in [1.82, 2.24) is 15.1 Å². The number of carboxylic acids is 1. The molecule has 2 fully saturated rings. The Morgan fingerprint density at radius 3 is 2.50 bits per heavy atom. The number of benzene rings is 1. The van der Waals surface area contributed by atoms with E-state index in [1.807, 2.05) is 30.3 Å². The highest BCUT2D eigenvalue weighted by molar-refractivity contribution is 5.77. The quantitative estimate of drug-likeness (QED) is 0.798. The Morgan fingerprint density at radius 1 is 1.18 bits per heavy atom. The Balaban J connectivity index is 1.54. The smallest absolute Gasteiger partial charge is 0.394 e. The van der Waals surface area contributed by atoms with Crippen LogP contribution >= 0.6 is 0 Å². The summed E-state index contributed by atoms with van der Waals surface area (Å²) in [5, 5.41) is 11.8. The number of carboxylic acid groups (broad SMARTS) is 1. The maximum Gasteiger partial charge on any atom is 0.394 e. The number of nitrogens with zero attached hydrogens (tertiary/aromatic N) is 2. The van der Waals surface area contributed by atoms with E-state index < -0.39 is 43.1 Å². The number of alkyl halides is 3. The van der Waals surface area contributed by atoms with Crippen LogP contribution in [0.2, 0.25) is 0 Å². The number of amides is 2. The van der Waals surface area contributed by atoms with Gasteiger partial charge in [0.15, 0.2) is 0 Å². The average molecular weight is 399 g/mol. The van der Waals surface area contributed by atoms with Gasteiger partial charge in [0.1, 0.15) is 0 Å². The van der Waals surface area contributed by atoms with Gasteiger partial charge in [0.05, 0.1) is 11.8 Å². The molecule has 2 aliphatic heterocycles. The van der Waals surface area contributed by atoms with Crippen LogP contribution in [0.1, 0.15) is 18.4 Å². The normalized spacial score (nSPS) is 25.8. The molecule has 2 heterocycles. The monoisotopic (exact) mass is 399 g/mol. The van der Waals surface area contributed by atoms with Gasteiger partial charge in [-0.2, -0.15) is 13.2 Å². The van der Waals surface area contributed by atoms with Crippen LogP contribution in [-0.4, -0.2) is 65.3 Å². The van der Waals surface area contributed by atoms with E-state index in [1.54, 1.807) is 0 Å². The summed E-state index contributed by atoms with van der Waals surface area (Å²) in [6.45, 7) is 0.934. The summed E-state index contributed by atoms with van der Waals surface area (Å²) in [5.41, 5.74) is 1.16. The number of carbonyl (C=O) groups excluding carboxylic acids is 1. The van der Waals surface area contributed by atoms with E-state index in [-0.39, 0.29) is 6.04 Å². The number of halogens is 3. The van der Waals surface area contributed by atoms with Crippen molar-refractivity contribution in [3.8, 4) is 0 Å². The van der Waals surface area contributed by atoms with Gasteiger partial charge in [0.25, 0.3) is 0 Å². The molecule has 0 radical (unpaired) electrons. The number of urea groups is 1. The van der Waals surface area contributed by atoms with E-state index in [0.717, 1.165) is 36.4 Å². The van der Waals surface area contributed by atoms with Crippen LogP contribution < -0.4 is 5.32 Å². The van der Waals surface area contributed by atoms with Crippen LogP contribution in [-0.2, 0) is 11.3 Å². The number of rotatable bonds is 5. The molecule has 0 bridgehead atoms. The zero-order valence-electron chi connectivity index (χ0n) is 15.4. The lowest BCUT2D eigenvalue weighted by Crippen LogP contribution is -2.45. The van der Waals surface area contributed by atoms with Gasteiger partial charge in [0.2, 0.25) is 0 Å². The molecule has 0 aromatic heterocycles. The number of carbonyl (C=O) groups is 2. The molecule has 2 amide bonds. The molecule has 28 heavy (non-hydrogen) atoms. The lowest BCUT2D eigenvalue weighted by molar-refractivity contribution is -0.187. The molecule has 9 heteroatoms. The Kier molecular flexibility index (Phi) is 6.12. The molecule has 6 nitrogen and oxygen atoms in total. The van der Waals surface area contributed by atoms with Crippen LogP contribution in [0.3, 0.4) is 0 Å². The van der Waals surface area contributed by atoms with Gasteiger partial charge in [-0.3, -0.25) is 9.69 Å². The largest absolute Gasteiger partial charge is 0.481 e. The van der Waals surface area contributed by atoms with Gasteiger partial charge in [0, 0.05) is 32.2 Å². The fraction of sp³-hybridized carbons (Fsp3) is 0.579. The molecule has 1 unspecified atom stereocenters. The third-order valence-electron chi connectivity index (χ3n) is 5.56. The second kappa shape index (κ2) is 8.38. The van der Waals surface area contributed by atoms with Crippen molar-refractivity contribution in [3.05, 3.63) is 35.9 Å². The van der Waals surface area contributed by atoms with E-state index in [1.165, 1.54) is 0 Å². The fourth-order valence-corrected chi connectivity index (χ4v) is 4.02. The molecule has 2 N–H and O–H groups in total. The third-order valence-corrected chi connectivity index (χ3v) is 5.56. The van der Waals surface area contributed by atoms with Crippen molar-refractivity contribution in [2.24, 2.45) is 11.8 Å². The second-order valence-corrected chi connectivity index (χ2v) is 7.44. The molecule has 0 spiro atoms. The van der Waals surface area contributed by atoms with Crippen molar-refractivity contribution in [3.63, 3.8) is 0 Å². The van der Waals surface area contributed by atoms with E-state index in [0.29, 0.717) is 6.54 Å². The standard InChI is InChI=1S/C19H24F3N3O3/c20-19(21,22)16-12-25(11-15(16)17(26)27)18(28)23-9-14-7-4-8-24(14)10-13-5-2-1-3-6-13/h1-3,5-6,14-16H,4,7-12H2,(H,23,28)(H,26,27)/t14?,15-,16-/m1/s1. The van der Waals surface area contributed by atoms with Gasteiger partial charge >= 0.3 is 18.2 Å². The van der Waals surface area contributed by atoms with Crippen molar-refractivity contribution in [1.29, 1.82) is 0 Å². The minimum absolute atomic E-state index is 0.112. The molecular formula is C19H24F3N3O3. The third kappa shape index (κ3) is 4.76. The Labute approximate surface area is 161 Å². The van der Waals surface area contributed by atoms with Crippen molar-refractivity contribution < 1.29 is 27.9 Å². The second-order valence-electron chi connectivity index (χ2n) is 7.44. The molecule has 0 saturated carbocycles. The first kappa shape index (κ1) is 20.4. The van der Waals surface area contributed by atoms with E-state index >= 15 is 0 Å². The minimum Gasteiger partial charge on any atom is -0.481 e. The zero-order chi connectivity index (χ0) is 20.3. The SMILES string of the molecule is O=C(O)[C@@H]1CN(C(=O)NCC2CCCN2Cc2ccccc2)C[C@H]1C(F)(F)F.